The van der Waals surface area contributed by atoms with Crippen molar-refractivity contribution >= 4 is 49.9 Å². The van der Waals surface area contributed by atoms with E-state index in [0.29, 0.717) is 40.3 Å². The predicted octanol–water partition coefficient (Wildman–Crippen LogP) is 2.57. The first kappa shape index (κ1) is 20.2. The number of hydrazone groups is 1. The Kier molecular flexibility index (Phi) is 6.53. The molecule has 2 aromatic carbocycles. The molecule has 1 aliphatic heterocycles. The molecule has 1 heterocycles. The van der Waals surface area contributed by atoms with Crippen molar-refractivity contribution in [3.8, 4) is 17.2 Å². The Morgan fingerprint density at radius 3 is 2.68 bits per heavy atom. The molecule has 0 fully saturated rings. The molecule has 0 spiro atoms. The third-order valence-electron chi connectivity index (χ3n) is 3.66. The second-order valence-electron chi connectivity index (χ2n) is 5.66. The van der Waals surface area contributed by atoms with Crippen molar-refractivity contribution in [3.05, 3.63) is 50.4 Å². The number of benzene rings is 2. The molecule has 8 nitrogen and oxygen atoms in total. The van der Waals surface area contributed by atoms with Crippen molar-refractivity contribution in [2.24, 2.45) is 5.10 Å². The van der Waals surface area contributed by atoms with E-state index in [2.05, 4.69) is 47.7 Å². The molecule has 0 aromatic heterocycles. The van der Waals surface area contributed by atoms with E-state index in [1.54, 1.807) is 30.3 Å². The molecular formula is C18H15Br2N3O5. The number of fused-ring (bicyclic) bond motifs is 1. The van der Waals surface area contributed by atoms with E-state index in [1.165, 1.54) is 6.21 Å². The number of nitrogens with one attached hydrogen (secondary N) is 2. The lowest BCUT2D eigenvalue weighted by atomic mass is 10.2. The van der Waals surface area contributed by atoms with E-state index in [1.807, 2.05) is 0 Å². The van der Waals surface area contributed by atoms with Gasteiger partial charge in [-0.05, 0) is 46.3 Å². The van der Waals surface area contributed by atoms with Crippen LogP contribution in [0.1, 0.15) is 15.9 Å². The van der Waals surface area contributed by atoms with Gasteiger partial charge in [-0.15, -0.1) is 0 Å². The molecule has 0 atom stereocenters. The minimum atomic E-state index is -0.518. The zero-order chi connectivity index (χ0) is 20.1. The van der Waals surface area contributed by atoms with Crippen LogP contribution in [-0.2, 0) is 4.79 Å². The topological polar surface area (TPSA) is 109 Å². The SMILES string of the molecule is O=C(CNC(=O)c1ccc2c(c1)OCCO2)N/N=C/c1cc(Br)cc(Br)c1O. The van der Waals surface area contributed by atoms with Crippen LogP contribution in [0.3, 0.4) is 0 Å². The predicted molar refractivity (Wildman–Crippen MR) is 109 cm³/mol. The fourth-order valence-corrected chi connectivity index (χ4v) is 3.60. The first-order chi connectivity index (χ1) is 13.4. The van der Waals surface area contributed by atoms with Gasteiger partial charge in [0, 0.05) is 15.6 Å². The summed E-state index contributed by atoms with van der Waals surface area (Å²) < 4.78 is 12.1. The minimum Gasteiger partial charge on any atom is -0.506 e. The molecule has 2 amide bonds. The zero-order valence-electron chi connectivity index (χ0n) is 14.4. The summed E-state index contributed by atoms with van der Waals surface area (Å²) in [6.45, 7) is 0.620. The van der Waals surface area contributed by atoms with E-state index in [4.69, 9.17) is 9.47 Å². The molecule has 0 saturated carbocycles. The normalized spacial score (nSPS) is 12.6. The molecule has 10 heteroatoms. The summed E-state index contributed by atoms with van der Waals surface area (Å²) in [5.41, 5.74) is 3.04. The Labute approximate surface area is 177 Å². The van der Waals surface area contributed by atoms with E-state index in [-0.39, 0.29) is 12.3 Å². The van der Waals surface area contributed by atoms with Crippen LogP contribution in [0, 0.1) is 0 Å². The van der Waals surface area contributed by atoms with E-state index in [9.17, 15) is 14.7 Å². The summed E-state index contributed by atoms with van der Waals surface area (Å²) in [4.78, 5) is 24.0. The minimum absolute atomic E-state index is 0.00638. The van der Waals surface area contributed by atoms with Crippen molar-refractivity contribution in [2.45, 2.75) is 0 Å². The Bertz CT molecular complexity index is 949. The smallest absolute Gasteiger partial charge is 0.259 e. The molecule has 0 bridgehead atoms. The quantitative estimate of drug-likeness (QED) is 0.421. The van der Waals surface area contributed by atoms with Gasteiger partial charge in [-0.1, -0.05) is 15.9 Å². The van der Waals surface area contributed by atoms with Crippen LogP contribution in [0.5, 0.6) is 17.2 Å². The zero-order valence-corrected chi connectivity index (χ0v) is 17.5. The van der Waals surface area contributed by atoms with Crippen LogP contribution in [-0.4, -0.2) is 42.9 Å². The van der Waals surface area contributed by atoms with Gasteiger partial charge in [-0.2, -0.15) is 5.10 Å². The summed E-state index contributed by atoms with van der Waals surface area (Å²) in [6, 6.07) is 8.12. The summed E-state index contributed by atoms with van der Waals surface area (Å²) >= 11 is 6.51. The van der Waals surface area contributed by atoms with E-state index in [0.717, 1.165) is 4.47 Å². The molecule has 0 aliphatic carbocycles. The second kappa shape index (κ2) is 9.07. The van der Waals surface area contributed by atoms with Crippen LogP contribution in [0.2, 0.25) is 0 Å². The maximum absolute atomic E-state index is 12.2. The number of hydrogen-bond donors (Lipinski definition) is 3. The van der Waals surface area contributed by atoms with Gasteiger partial charge in [-0.25, -0.2) is 5.43 Å². The summed E-state index contributed by atoms with van der Waals surface area (Å²) in [6.07, 6.45) is 1.30. The van der Waals surface area contributed by atoms with Crippen molar-refractivity contribution in [1.82, 2.24) is 10.7 Å². The van der Waals surface area contributed by atoms with Crippen molar-refractivity contribution in [3.63, 3.8) is 0 Å². The van der Waals surface area contributed by atoms with Crippen LogP contribution in [0.4, 0.5) is 0 Å². The van der Waals surface area contributed by atoms with Gasteiger partial charge in [-0.3, -0.25) is 9.59 Å². The van der Waals surface area contributed by atoms with Crippen LogP contribution >= 0.6 is 31.9 Å². The highest BCUT2D eigenvalue weighted by Crippen LogP contribution is 2.31. The van der Waals surface area contributed by atoms with E-state index >= 15 is 0 Å². The van der Waals surface area contributed by atoms with Crippen LogP contribution < -0.4 is 20.2 Å². The molecule has 2 aromatic rings. The number of rotatable bonds is 5. The Hall–Kier alpha value is -2.59. The number of carbonyl (C=O) groups is 2. The van der Waals surface area contributed by atoms with Gasteiger partial charge in [0.05, 0.1) is 17.2 Å². The molecule has 0 radical (unpaired) electrons. The van der Waals surface area contributed by atoms with Crippen molar-refractivity contribution < 1.29 is 24.2 Å². The number of carbonyl (C=O) groups excluding carboxylic acids is 2. The fraction of sp³-hybridized carbons (Fsp3) is 0.167. The van der Waals surface area contributed by atoms with Crippen molar-refractivity contribution in [1.29, 1.82) is 0 Å². The number of halogens is 2. The number of amides is 2. The molecule has 28 heavy (non-hydrogen) atoms. The first-order valence-corrected chi connectivity index (χ1v) is 9.70. The third-order valence-corrected chi connectivity index (χ3v) is 4.73. The highest BCUT2D eigenvalue weighted by Gasteiger charge is 2.15. The van der Waals surface area contributed by atoms with Gasteiger partial charge in [0.1, 0.15) is 19.0 Å². The summed E-state index contributed by atoms with van der Waals surface area (Å²) in [5.74, 6) is 0.124. The number of phenols is 1. The Morgan fingerprint density at radius 2 is 1.89 bits per heavy atom. The lowest BCUT2D eigenvalue weighted by Gasteiger charge is -2.18. The third kappa shape index (κ3) is 5.02. The fourth-order valence-electron chi connectivity index (χ4n) is 2.34. The molecule has 3 N–H and O–H groups in total. The summed E-state index contributed by atoms with van der Waals surface area (Å²) in [5, 5.41) is 16.2. The highest BCUT2D eigenvalue weighted by atomic mass is 79.9. The number of phenolic OH excluding ortho intramolecular Hbond substituents is 1. The Balaban J connectivity index is 1.52. The highest BCUT2D eigenvalue weighted by molar-refractivity contribution is 9.11. The molecule has 0 saturated heterocycles. The monoisotopic (exact) mass is 511 g/mol. The standard InChI is InChI=1S/C18H15Br2N3O5/c19-12-5-11(17(25)13(20)7-12)8-22-23-16(24)9-21-18(26)10-1-2-14-15(6-10)28-4-3-27-14/h1-2,5-8,25H,3-4,9H2,(H,21,26)(H,23,24)/b22-8+. The molecule has 3 rings (SSSR count). The van der Waals surface area contributed by atoms with Gasteiger partial charge in [0.2, 0.25) is 0 Å². The second-order valence-corrected chi connectivity index (χ2v) is 7.43. The van der Waals surface area contributed by atoms with Crippen LogP contribution in [0.25, 0.3) is 0 Å². The maximum Gasteiger partial charge on any atom is 0.259 e. The first-order valence-electron chi connectivity index (χ1n) is 8.12. The largest absolute Gasteiger partial charge is 0.506 e. The summed E-state index contributed by atoms with van der Waals surface area (Å²) in [7, 11) is 0. The Morgan fingerprint density at radius 1 is 1.14 bits per heavy atom. The number of aromatic hydroxyl groups is 1. The van der Waals surface area contributed by atoms with Gasteiger partial charge in [0.15, 0.2) is 11.5 Å². The molecule has 146 valence electrons. The number of ether oxygens (including phenoxy) is 2. The van der Waals surface area contributed by atoms with Gasteiger partial charge >= 0.3 is 0 Å². The molecular weight excluding hydrogens is 498 g/mol. The lowest BCUT2D eigenvalue weighted by Crippen LogP contribution is -2.35. The molecule has 1 aliphatic rings. The lowest BCUT2D eigenvalue weighted by molar-refractivity contribution is -0.120. The van der Waals surface area contributed by atoms with Crippen molar-refractivity contribution in [2.75, 3.05) is 19.8 Å². The average molecular weight is 513 g/mol. The number of nitrogens with zero attached hydrogens (tertiary/aromatic N) is 1. The van der Waals surface area contributed by atoms with Gasteiger partial charge in [0.25, 0.3) is 11.8 Å². The van der Waals surface area contributed by atoms with E-state index < -0.39 is 11.8 Å². The maximum atomic E-state index is 12.2. The number of hydrogen-bond acceptors (Lipinski definition) is 6. The molecule has 0 unspecified atom stereocenters. The van der Waals surface area contributed by atoms with Gasteiger partial charge < -0.3 is 19.9 Å². The average Bonchev–Trinajstić information content (AvgIpc) is 2.69. The van der Waals surface area contributed by atoms with Crippen LogP contribution in [0.15, 0.2) is 44.4 Å².